The number of carbonyl (C=O) groups excluding carboxylic acids is 2. The first-order valence-corrected chi connectivity index (χ1v) is 9.01. The smallest absolute Gasteiger partial charge is 0.319 e. The number of benzene rings is 2. The number of anilines is 3. The summed E-state index contributed by atoms with van der Waals surface area (Å²) in [5.74, 6) is -0.183. The Kier molecular flexibility index (Phi) is 6.09. The first-order valence-electron chi connectivity index (χ1n) is 9.01. The van der Waals surface area contributed by atoms with E-state index in [1.54, 1.807) is 48.5 Å². The lowest BCUT2D eigenvalue weighted by Crippen LogP contribution is -2.52. The number of carbonyl (C=O) groups is 2. The number of nitrogens with two attached hydrogens (primary N) is 1. The van der Waals surface area contributed by atoms with Crippen LogP contribution in [0.15, 0.2) is 48.5 Å². The summed E-state index contributed by atoms with van der Waals surface area (Å²) in [4.78, 5) is 24.7. The molecule has 2 atom stereocenters. The van der Waals surface area contributed by atoms with Crippen molar-refractivity contribution in [3.05, 3.63) is 54.1 Å². The van der Waals surface area contributed by atoms with Gasteiger partial charge in [0.25, 0.3) is 0 Å². The zero-order chi connectivity index (χ0) is 19.9. The summed E-state index contributed by atoms with van der Waals surface area (Å²) in [6.07, 6.45) is 1.19. The van der Waals surface area contributed by atoms with Crippen LogP contribution in [-0.4, -0.2) is 30.6 Å². The normalized spacial score (nSPS) is 18.5. The van der Waals surface area contributed by atoms with E-state index in [0.29, 0.717) is 35.6 Å². The predicted octanol–water partition coefficient (Wildman–Crippen LogP) is 2.02. The van der Waals surface area contributed by atoms with E-state index in [2.05, 4.69) is 21.3 Å². The van der Waals surface area contributed by atoms with Crippen LogP contribution in [0.3, 0.4) is 0 Å². The SMILES string of the molecule is N#Cc1ccc(NC(=O)NC2CCNC(C(=O)Nc3ccccc3N)C2)cc1. The summed E-state index contributed by atoms with van der Waals surface area (Å²) in [7, 11) is 0. The number of nitriles is 1. The third-order valence-electron chi connectivity index (χ3n) is 4.55. The second kappa shape index (κ2) is 8.88. The van der Waals surface area contributed by atoms with Crippen molar-refractivity contribution in [2.24, 2.45) is 0 Å². The van der Waals surface area contributed by atoms with Crippen molar-refractivity contribution < 1.29 is 9.59 Å². The summed E-state index contributed by atoms with van der Waals surface area (Å²) in [5.41, 5.74) is 8.06. The number of para-hydroxylation sites is 2. The maximum atomic E-state index is 12.5. The molecule has 3 amide bonds. The van der Waals surface area contributed by atoms with Gasteiger partial charge in [-0.2, -0.15) is 5.26 Å². The van der Waals surface area contributed by atoms with E-state index in [9.17, 15) is 9.59 Å². The zero-order valence-electron chi connectivity index (χ0n) is 15.2. The number of urea groups is 1. The van der Waals surface area contributed by atoms with Gasteiger partial charge in [0.05, 0.1) is 29.0 Å². The highest BCUT2D eigenvalue weighted by molar-refractivity contribution is 5.97. The second-order valence-electron chi connectivity index (χ2n) is 6.59. The molecule has 6 N–H and O–H groups in total. The van der Waals surface area contributed by atoms with Gasteiger partial charge >= 0.3 is 6.03 Å². The number of piperidine rings is 1. The van der Waals surface area contributed by atoms with Gasteiger partial charge in [0.2, 0.25) is 5.91 Å². The first-order chi connectivity index (χ1) is 13.5. The van der Waals surface area contributed by atoms with Crippen LogP contribution in [0.5, 0.6) is 0 Å². The Morgan fingerprint density at radius 3 is 2.57 bits per heavy atom. The lowest BCUT2D eigenvalue weighted by Gasteiger charge is -2.30. The summed E-state index contributed by atoms with van der Waals surface area (Å²) in [6, 6.07) is 14.8. The summed E-state index contributed by atoms with van der Waals surface area (Å²) in [5, 5.41) is 20.4. The fourth-order valence-corrected chi connectivity index (χ4v) is 3.06. The molecule has 1 aliphatic rings. The van der Waals surface area contributed by atoms with Gasteiger partial charge in [-0.15, -0.1) is 0 Å². The number of hydrogen-bond donors (Lipinski definition) is 5. The van der Waals surface area contributed by atoms with Crippen LogP contribution in [0.4, 0.5) is 21.9 Å². The average molecular weight is 378 g/mol. The van der Waals surface area contributed by atoms with Gasteiger partial charge in [0.1, 0.15) is 0 Å². The Morgan fingerprint density at radius 1 is 1.11 bits per heavy atom. The van der Waals surface area contributed by atoms with Gasteiger partial charge in [-0.05, 0) is 55.8 Å². The molecule has 2 unspecified atom stereocenters. The Labute approximate surface area is 163 Å². The minimum Gasteiger partial charge on any atom is -0.397 e. The largest absolute Gasteiger partial charge is 0.397 e. The molecule has 0 spiro atoms. The minimum absolute atomic E-state index is 0.136. The van der Waals surface area contributed by atoms with Gasteiger partial charge < -0.3 is 27.0 Å². The van der Waals surface area contributed by atoms with Crippen LogP contribution < -0.4 is 27.0 Å². The molecule has 28 heavy (non-hydrogen) atoms. The van der Waals surface area contributed by atoms with Crippen molar-refractivity contribution in [1.29, 1.82) is 5.26 Å². The van der Waals surface area contributed by atoms with Crippen molar-refractivity contribution in [3.8, 4) is 6.07 Å². The quantitative estimate of drug-likeness (QED) is 0.519. The molecule has 0 aromatic heterocycles. The molecule has 0 radical (unpaired) electrons. The first kappa shape index (κ1) is 19.2. The van der Waals surface area contributed by atoms with Gasteiger partial charge in [-0.1, -0.05) is 12.1 Å². The molecule has 2 aromatic rings. The van der Waals surface area contributed by atoms with Gasteiger partial charge in [0.15, 0.2) is 0 Å². The molecule has 0 saturated carbocycles. The van der Waals surface area contributed by atoms with Crippen molar-refractivity contribution in [2.75, 3.05) is 22.9 Å². The molecule has 144 valence electrons. The molecule has 2 aromatic carbocycles. The molecule has 1 aliphatic heterocycles. The van der Waals surface area contributed by atoms with Crippen LogP contribution in [-0.2, 0) is 4.79 Å². The monoisotopic (exact) mass is 378 g/mol. The Bertz CT molecular complexity index is 890. The molecular weight excluding hydrogens is 356 g/mol. The number of nitrogens with one attached hydrogen (secondary N) is 4. The zero-order valence-corrected chi connectivity index (χ0v) is 15.2. The molecule has 1 fully saturated rings. The molecule has 0 aliphatic carbocycles. The average Bonchev–Trinajstić information content (AvgIpc) is 2.70. The predicted molar refractivity (Wildman–Crippen MR) is 108 cm³/mol. The molecule has 3 rings (SSSR count). The lowest BCUT2D eigenvalue weighted by molar-refractivity contribution is -0.118. The van der Waals surface area contributed by atoms with E-state index < -0.39 is 6.04 Å². The molecule has 8 nitrogen and oxygen atoms in total. The number of rotatable bonds is 4. The van der Waals surface area contributed by atoms with E-state index in [1.807, 2.05) is 6.07 Å². The number of nitrogen functional groups attached to an aromatic ring is 1. The molecule has 1 heterocycles. The highest BCUT2D eigenvalue weighted by atomic mass is 16.2. The highest BCUT2D eigenvalue weighted by Gasteiger charge is 2.28. The van der Waals surface area contributed by atoms with Gasteiger partial charge in [-0.3, -0.25) is 4.79 Å². The van der Waals surface area contributed by atoms with E-state index in [-0.39, 0.29) is 18.0 Å². The summed E-state index contributed by atoms with van der Waals surface area (Å²) in [6.45, 7) is 0.615. The van der Waals surface area contributed by atoms with Crippen LogP contribution in [0.2, 0.25) is 0 Å². The van der Waals surface area contributed by atoms with Crippen molar-refractivity contribution in [2.45, 2.75) is 24.9 Å². The minimum atomic E-state index is -0.423. The summed E-state index contributed by atoms with van der Waals surface area (Å²) >= 11 is 0. The van der Waals surface area contributed by atoms with E-state index in [1.165, 1.54) is 0 Å². The maximum Gasteiger partial charge on any atom is 0.319 e. The highest BCUT2D eigenvalue weighted by Crippen LogP contribution is 2.18. The van der Waals surface area contributed by atoms with Crippen LogP contribution >= 0.6 is 0 Å². The van der Waals surface area contributed by atoms with Crippen LogP contribution in [0.1, 0.15) is 18.4 Å². The van der Waals surface area contributed by atoms with E-state index in [4.69, 9.17) is 11.0 Å². The van der Waals surface area contributed by atoms with Crippen LogP contribution in [0, 0.1) is 11.3 Å². The Hall–Kier alpha value is -3.57. The third-order valence-corrected chi connectivity index (χ3v) is 4.55. The van der Waals surface area contributed by atoms with Crippen molar-refractivity contribution in [1.82, 2.24) is 10.6 Å². The molecule has 0 bridgehead atoms. The maximum absolute atomic E-state index is 12.5. The van der Waals surface area contributed by atoms with Crippen molar-refractivity contribution in [3.63, 3.8) is 0 Å². The van der Waals surface area contributed by atoms with Crippen LogP contribution in [0.25, 0.3) is 0 Å². The van der Waals surface area contributed by atoms with Gasteiger partial charge in [-0.25, -0.2) is 4.79 Å². The standard InChI is InChI=1S/C20H22N6O2/c21-12-13-5-7-14(8-6-13)24-20(28)25-15-9-10-23-18(11-15)19(27)26-17-4-2-1-3-16(17)22/h1-8,15,18,23H,9-11,22H2,(H,26,27)(H2,24,25,28). The lowest BCUT2D eigenvalue weighted by atomic mass is 9.98. The molecular formula is C20H22N6O2. The fraction of sp³-hybridized carbons (Fsp3) is 0.250. The third kappa shape index (κ3) is 4.99. The van der Waals surface area contributed by atoms with Gasteiger partial charge in [0, 0.05) is 11.7 Å². The number of amides is 3. The van der Waals surface area contributed by atoms with E-state index >= 15 is 0 Å². The molecule has 8 heteroatoms. The number of nitrogens with zero attached hydrogens (tertiary/aromatic N) is 1. The Balaban J connectivity index is 1.52. The second-order valence-corrected chi connectivity index (χ2v) is 6.59. The topological polar surface area (TPSA) is 132 Å². The number of hydrogen-bond acceptors (Lipinski definition) is 5. The van der Waals surface area contributed by atoms with E-state index in [0.717, 1.165) is 6.42 Å². The van der Waals surface area contributed by atoms with Crippen molar-refractivity contribution >= 4 is 29.0 Å². The molecule has 1 saturated heterocycles. The summed E-state index contributed by atoms with van der Waals surface area (Å²) < 4.78 is 0. The Morgan fingerprint density at radius 2 is 1.86 bits per heavy atom. The fourth-order valence-electron chi connectivity index (χ4n) is 3.06.